The normalized spacial score (nSPS) is 12.8. The third kappa shape index (κ3) is 3.78. The molecule has 1 rings (SSSR count). The Morgan fingerprint density at radius 2 is 2.27 bits per heavy atom. The van der Waals surface area contributed by atoms with Crippen LogP contribution in [0.5, 0.6) is 0 Å². The molecule has 1 N–H and O–H groups in total. The van der Waals surface area contributed by atoms with Crippen molar-refractivity contribution in [3.8, 4) is 0 Å². The number of aliphatic hydroxyl groups is 1. The summed E-state index contributed by atoms with van der Waals surface area (Å²) in [6.07, 6.45) is 0.723. The number of hydrogen-bond acceptors (Lipinski definition) is 2. The van der Waals surface area contributed by atoms with E-state index in [4.69, 9.17) is 16.3 Å². The highest BCUT2D eigenvalue weighted by molar-refractivity contribution is 6.30. The first-order valence-electron chi connectivity index (χ1n) is 4.77. The molecule has 84 valence electrons. The van der Waals surface area contributed by atoms with Crippen molar-refractivity contribution in [3.63, 3.8) is 0 Å². The average Bonchev–Trinajstić information content (AvgIpc) is 2.22. The van der Waals surface area contributed by atoms with Crippen LogP contribution in [0.1, 0.15) is 24.5 Å². The van der Waals surface area contributed by atoms with Crippen LogP contribution < -0.4 is 0 Å². The van der Waals surface area contributed by atoms with Gasteiger partial charge in [0.05, 0.1) is 11.1 Å². The minimum atomic E-state index is -0.613. The molecule has 1 unspecified atom stereocenters. The fourth-order valence-corrected chi connectivity index (χ4v) is 1.50. The lowest BCUT2D eigenvalue weighted by Crippen LogP contribution is -2.00. The zero-order chi connectivity index (χ0) is 11.3. The van der Waals surface area contributed by atoms with Crippen LogP contribution in [0.4, 0.5) is 4.39 Å². The van der Waals surface area contributed by atoms with Crippen molar-refractivity contribution in [3.05, 3.63) is 34.6 Å². The second-order valence-corrected chi connectivity index (χ2v) is 3.73. The van der Waals surface area contributed by atoms with E-state index in [0.717, 1.165) is 6.42 Å². The summed E-state index contributed by atoms with van der Waals surface area (Å²) in [5, 5.41) is 9.77. The first-order chi connectivity index (χ1) is 7.15. The van der Waals surface area contributed by atoms with Gasteiger partial charge in [-0.05, 0) is 30.5 Å². The Kier molecular flexibility index (Phi) is 5.02. The number of halogens is 2. The van der Waals surface area contributed by atoms with Crippen LogP contribution in [-0.2, 0) is 4.74 Å². The molecule has 0 aliphatic heterocycles. The third-order valence-electron chi connectivity index (χ3n) is 2.15. The summed E-state index contributed by atoms with van der Waals surface area (Å²) in [6, 6.07) is 4.25. The van der Waals surface area contributed by atoms with Gasteiger partial charge < -0.3 is 9.84 Å². The molecular formula is C11H14ClFO2. The standard InChI is InChI=1S/C11H14ClFO2/c1-15-6-2-3-11(14)8-4-5-10(13)9(12)7-8/h4-5,7,11,14H,2-3,6H2,1H3. The summed E-state index contributed by atoms with van der Waals surface area (Å²) in [5.74, 6) is -0.468. The molecule has 0 radical (unpaired) electrons. The van der Waals surface area contributed by atoms with Crippen LogP contribution in [0.3, 0.4) is 0 Å². The van der Waals surface area contributed by atoms with Crippen LogP contribution in [0.25, 0.3) is 0 Å². The minimum Gasteiger partial charge on any atom is -0.388 e. The first kappa shape index (κ1) is 12.4. The third-order valence-corrected chi connectivity index (χ3v) is 2.44. The molecule has 0 aromatic heterocycles. The van der Waals surface area contributed by atoms with Gasteiger partial charge in [0.25, 0.3) is 0 Å². The molecule has 1 atom stereocenters. The van der Waals surface area contributed by atoms with Gasteiger partial charge in [-0.15, -0.1) is 0 Å². The van der Waals surface area contributed by atoms with E-state index < -0.39 is 11.9 Å². The van der Waals surface area contributed by atoms with E-state index in [-0.39, 0.29) is 5.02 Å². The molecule has 2 nitrogen and oxygen atoms in total. The maximum absolute atomic E-state index is 12.8. The van der Waals surface area contributed by atoms with Crippen molar-refractivity contribution in [2.45, 2.75) is 18.9 Å². The van der Waals surface area contributed by atoms with Gasteiger partial charge in [0.1, 0.15) is 5.82 Å². The molecule has 4 heteroatoms. The van der Waals surface area contributed by atoms with Crippen LogP contribution >= 0.6 is 11.6 Å². The summed E-state index contributed by atoms with van der Waals surface area (Å²) >= 11 is 5.61. The number of aliphatic hydroxyl groups excluding tert-OH is 1. The molecule has 0 aliphatic rings. The molecule has 0 spiro atoms. The molecule has 0 bridgehead atoms. The molecular weight excluding hydrogens is 219 g/mol. The van der Waals surface area contributed by atoms with Crippen molar-refractivity contribution < 1.29 is 14.2 Å². The lowest BCUT2D eigenvalue weighted by atomic mass is 10.1. The smallest absolute Gasteiger partial charge is 0.141 e. The van der Waals surface area contributed by atoms with Gasteiger partial charge in [0.15, 0.2) is 0 Å². The molecule has 0 saturated carbocycles. The first-order valence-corrected chi connectivity index (χ1v) is 5.15. The fourth-order valence-electron chi connectivity index (χ4n) is 1.31. The number of hydrogen-bond donors (Lipinski definition) is 1. The van der Waals surface area contributed by atoms with Crippen LogP contribution in [-0.4, -0.2) is 18.8 Å². The number of benzene rings is 1. The zero-order valence-electron chi connectivity index (χ0n) is 8.54. The monoisotopic (exact) mass is 232 g/mol. The van der Waals surface area contributed by atoms with Gasteiger partial charge in [-0.1, -0.05) is 17.7 Å². The number of ether oxygens (including phenoxy) is 1. The lowest BCUT2D eigenvalue weighted by molar-refractivity contribution is 0.136. The van der Waals surface area contributed by atoms with Gasteiger partial charge in [0.2, 0.25) is 0 Å². The quantitative estimate of drug-likeness (QED) is 0.791. The minimum absolute atomic E-state index is 0.0401. The fraction of sp³-hybridized carbons (Fsp3) is 0.455. The molecule has 1 aromatic rings. The topological polar surface area (TPSA) is 29.5 Å². The van der Waals surface area contributed by atoms with Crippen LogP contribution in [0.15, 0.2) is 18.2 Å². The van der Waals surface area contributed by atoms with E-state index in [1.54, 1.807) is 13.2 Å². The van der Waals surface area contributed by atoms with E-state index in [1.165, 1.54) is 12.1 Å². The summed E-state index contributed by atoms with van der Waals surface area (Å²) in [4.78, 5) is 0. The Hall–Kier alpha value is -0.640. The Morgan fingerprint density at radius 3 is 2.87 bits per heavy atom. The summed E-state index contributed by atoms with van der Waals surface area (Å²) in [7, 11) is 1.61. The average molecular weight is 233 g/mol. The Bertz CT molecular complexity index is 317. The van der Waals surface area contributed by atoms with Gasteiger partial charge in [-0.3, -0.25) is 0 Å². The number of rotatable bonds is 5. The highest BCUT2D eigenvalue weighted by Crippen LogP contribution is 2.23. The zero-order valence-corrected chi connectivity index (χ0v) is 9.30. The maximum atomic E-state index is 12.8. The molecule has 1 aromatic carbocycles. The number of methoxy groups -OCH3 is 1. The molecule has 0 aliphatic carbocycles. The molecule has 0 saturated heterocycles. The van der Waals surface area contributed by atoms with E-state index in [0.29, 0.717) is 18.6 Å². The predicted molar refractivity (Wildman–Crippen MR) is 57.5 cm³/mol. The summed E-state index contributed by atoms with van der Waals surface area (Å²) in [6.45, 7) is 0.603. The SMILES string of the molecule is COCCCC(O)c1ccc(F)c(Cl)c1. The summed E-state index contributed by atoms with van der Waals surface area (Å²) < 4.78 is 17.7. The Labute approximate surface area is 93.6 Å². The predicted octanol–water partition coefficient (Wildman–Crippen LogP) is 2.94. The van der Waals surface area contributed by atoms with Crippen LogP contribution in [0.2, 0.25) is 5.02 Å². The summed E-state index contributed by atoms with van der Waals surface area (Å²) in [5.41, 5.74) is 0.637. The van der Waals surface area contributed by atoms with E-state index >= 15 is 0 Å². The van der Waals surface area contributed by atoms with Crippen molar-refractivity contribution in [2.24, 2.45) is 0 Å². The van der Waals surface area contributed by atoms with Crippen molar-refractivity contribution in [1.29, 1.82) is 0 Å². The van der Waals surface area contributed by atoms with Crippen LogP contribution in [0, 0.1) is 5.82 Å². The van der Waals surface area contributed by atoms with E-state index in [1.807, 2.05) is 0 Å². The molecule has 0 fully saturated rings. The van der Waals surface area contributed by atoms with E-state index in [9.17, 15) is 9.50 Å². The second kappa shape index (κ2) is 6.05. The molecule has 0 heterocycles. The highest BCUT2D eigenvalue weighted by atomic mass is 35.5. The lowest BCUT2D eigenvalue weighted by Gasteiger charge is -2.10. The largest absolute Gasteiger partial charge is 0.388 e. The van der Waals surface area contributed by atoms with Gasteiger partial charge >= 0.3 is 0 Å². The molecule has 0 amide bonds. The van der Waals surface area contributed by atoms with Crippen molar-refractivity contribution in [2.75, 3.05) is 13.7 Å². The van der Waals surface area contributed by atoms with Gasteiger partial charge in [-0.2, -0.15) is 0 Å². The maximum Gasteiger partial charge on any atom is 0.141 e. The van der Waals surface area contributed by atoms with Crippen molar-refractivity contribution in [1.82, 2.24) is 0 Å². The van der Waals surface area contributed by atoms with Gasteiger partial charge in [0, 0.05) is 13.7 Å². The Balaban J connectivity index is 2.57. The molecule has 15 heavy (non-hydrogen) atoms. The second-order valence-electron chi connectivity index (χ2n) is 3.32. The van der Waals surface area contributed by atoms with Gasteiger partial charge in [-0.25, -0.2) is 4.39 Å². The van der Waals surface area contributed by atoms with E-state index in [2.05, 4.69) is 0 Å². The van der Waals surface area contributed by atoms with Crippen molar-refractivity contribution >= 4 is 11.6 Å². The highest BCUT2D eigenvalue weighted by Gasteiger charge is 2.09. The Morgan fingerprint density at radius 1 is 1.53 bits per heavy atom.